The van der Waals surface area contributed by atoms with Crippen LogP contribution in [-0.4, -0.2) is 27.1 Å². The van der Waals surface area contributed by atoms with Gasteiger partial charge in [-0.15, -0.1) is 0 Å². The molecule has 1 unspecified atom stereocenters. The number of carbonyl (C=O) groups is 1. The molecule has 0 amide bonds. The number of nitrogens with two attached hydrogens (primary N) is 1. The summed E-state index contributed by atoms with van der Waals surface area (Å²) >= 11 is 0. The number of rotatable bonds is 2. The van der Waals surface area contributed by atoms with Crippen LogP contribution >= 0.6 is 0 Å². The Morgan fingerprint density at radius 2 is 1.86 bits per heavy atom. The van der Waals surface area contributed by atoms with Crippen molar-refractivity contribution in [3.8, 4) is 17.2 Å². The molecule has 5 nitrogen and oxygen atoms in total. The first-order valence-corrected chi connectivity index (χ1v) is 3.98. The van der Waals surface area contributed by atoms with Gasteiger partial charge in [0.1, 0.15) is 0 Å². The Morgan fingerprint density at radius 3 is 2.36 bits per heavy atom. The van der Waals surface area contributed by atoms with Crippen LogP contribution in [0.25, 0.3) is 0 Å². The lowest BCUT2D eigenvalue weighted by Crippen LogP contribution is -2.26. The largest absolute Gasteiger partial charge is 0.504 e. The topological polar surface area (TPSA) is 104 Å². The first-order chi connectivity index (χ1) is 6.45. The average molecular weight is 197 g/mol. The molecule has 0 fully saturated rings. The normalized spacial score (nSPS) is 12.4. The van der Waals surface area contributed by atoms with E-state index in [0.717, 1.165) is 6.07 Å². The van der Waals surface area contributed by atoms with E-state index in [2.05, 4.69) is 0 Å². The lowest BCUT2D eigenvalue weighted by atomic mass is 10.0. The zero-order valence-electron chi connectivity index (χ0n) is 7.56. The highest BCUT2D eigenvalue weighted by Gasteiger charge is 2.19. The Bertz CT molecular complexity index is 373. The van der Waals surface area contributed by atoms with Crippen LogP contribution in [-0.2, 0) is 0 Å². The zero-order valence-corrected chi connectivity index (χ0v) is 7.56. The Balaban J connectivity index is 3.24. The van der Waals surface area contributed by atoms with Crippen molar-refractivity contribution in [3.05, 3.63) is 17.7 Å². The van der Waals surface area contributed by atoms with Crippen molar-refractivity contribution in [1.29, 1.82) is 0 Å². The summed E-state index contributed by atoms with van der Waals surface area (Å²) in [6.07, 6.45) is 0. The first-order valence-electron chi connectivity index (χ1n) is 3.98. The van der Waals surface area contributed by atoms with Crippen molar-refractivity contribution in [1.82, 2.24) is 0 Å². The van der Waals surface area contributed by atoms with Crippen LogP contribution in [0.2, 0.25) is 0 Å². The Kier molecular flexibility index (Phi) is 2.62. The summed E-state index contributed by atoms with van der Waals surface area (Å²) in [5.41, 5.74) is 5.22. The molecule has 0 aromatic heterocycles. The minimum atomic E-state index is -0.773. The molecule has 5 N–H and O–H groups in total. The lowest BCUT2D eigenvalue weighted by molar-refractivity contribution is 0.0964. The molecule has 5 heteroatoms. The van der Waals surface area contributed by atoms with E-state index in [9.17, 15) is 9.90 Å². The van der Waals surface area contributed by atoms with Gasteiger partial charge in [0.2, 0.25) is 5.75 Å². The van der Waals surface area contributed by atoms with Crippen molar-refractivity contribution in [2.45, 2.75) is 13.0 Å². The second-order valence-corrected chi connectivity index (χ2v) is 2.98. The van der Waals surface area contributed by atoms with Crippen LogP contribution < -0.4 is 5.73 Å². The molecule has 0 bridgehead atoms. The fourth-order valence-electron chi connectivity index (χ4n) is 1.01. The second kappa shape index (κ2) is 3.55. The van der Waals surface area contributed by atoms with Gasteiger partial charge in [0.05, 0.1) is 11.6 Å². The number of Topliss-reactive ketones (excluding diaryl/α,β-unsaturated/α-hetero) is 1. The van der Waals surface area contributed by atoms with Gasteiger partial charge in [-0.25, -0.2) is 0 Å². The number of aromatic hydroxyl groups is 3. The molecule has 0 spiro atoms. The molecular formula is C9H11NO4. The molecule has 1 rings (SSSR count). The third-order valence-electron chi connectivity index (χ3n) is 1.81. The van der Waals surface area contributed by atoms with Crippen LogP contribution in [0, 0.1) is 0 Å². The molecule has 0 saturated carbocycles. The number of ketones is 1. The maximum absolute atomic E-state index is 11.4. The predicted molar refractivity (Wildman–Crippen MR) is 49.4 cm³/mol. The van der Waals surface area contributed by atoms with E-state index >= 15 is 0 Å². The van der Waals surface area contributed by atoms with E-state index < -0.39 is 29.1 Å². The molecule has 14 heavy (non-hydrogen) atoms. The van der Waals surface area contributed by atoms with Gasteiger partial charge < -0.3 is 21.1 Å². The number of carbonyl (C=O) groups excluding carboxylic acids is 1. The van der Waals surface area contributed by atoms with Crippen molar-refractivity contribution < 1.29 is 20.1 Å². The van der Waals surface area contributed by atoms with Crippen LogP contribution in [0.1, 0.15) is 17.3 Å². The van der Waals surface area contributed by atoms with E-state index in [1.807, 2.05) is 0 Å². The molecule has 0 aliphatic heterocycles. The third-order valence-corrected chi connectivity index (χ3v) is 1.81. The van der Waals surface area contributed by atoms with Gasteiger partial charge in [-0.3, -0.25) is 4.79 Å². The maximum Gasteiger partial charge on any atom is 0.201 e. The molecule has 0 heterocycles. The summed E-state index contributed by atoms with van der Waals surface area (Å²) in [4.78, 5) is 11.4. The highest BCUT2D eigenvalue weighted by atomic mass is 16.3. The molecule has 0 saturated heterocycles. The summed E-state index contributed by atoms with van der Waals surface area (Å²) < 4.78 is 0. The second-order valence-electron chi connectivity index (χ2n) is 2.98. The minimum Gasteiger partial charge on any atom is -0.504 e. The van der Waals surface area contributed by atoms with E-state index in [0.29, 0.717) is 0 Å². The number of hydrogen-bond acceptors (Lipinski definition) is 5. The zero-order chi connectivity index (χ0) is 10.9. The fraction of sp³-hybridized carbons (Fsp3) is 0.222. The smallest absolute Gasteiger partial charge is 0.201 e. The monoisotopic (exact) mass is 197 g/mol. The van der Waals surface area contributed by atoms with E-state index in [-0.39, 0.29) is 5.56 Å². The summed E-state index contributed by atoms with van der Waals surface area (Å²) in [6, 6.07) is 1.55. The van der Waals surface area contributed by atoms with Gasteiger partial charge in [0.15, 0.2) is 17.3 Å². The molecule has 76 valence electrons. The molecule has 0 aliphatic carbocycles. The molecule has 1 aromatic rings. The van der Waals surface area contributed by atoms with Crippen molar-refractivity contribution >= 4 is 5.78 Å². The number of phenolic OH excluding ortho intramolecular Hbond substituents is 3. The van der Waals surface area contributed by atoms with Crippen LogP contribution in [0.15, 0.2) is 12.1 Å². The van der Waals surface area contributed by atoms with E-state index in [1.165, 1.54) is 13.0 Å². The van der Waals surface area contributed by atoms with Gasteiger partial charge in [0.25, 0.3) is 0 Å². The number of hydrogen-bond donors (Lipinski definition) is 4. The quantitative estimate of drug-likeness (QED) is 0.404. The first kappa shape index (κ1) is 10.3. The SMILES string of the molecule is CC(N)C(=O)c1ccc(O)c(O)c1O. The van der Waals surface area contributed by atoms with Gasteiger partial charge in [0, 0.05) is 0 Å². The summed E-state index contributed by atoms with van der Waals surface area (Å²) in [7, 11) is 0. The van der Waals surface area contributed by atoms with Gasteiger partial charge in [-0.05, 0) is 19.1 Å². The van der Waals surface area contributed by atoms with Crippen molar-refractivity contribution in [2.75, 3.05) is 0 Å². The summed E-state index contributed by atoms with van der Waals surface area (Å²) in [6.45, 7) is 1.46. The number of phenols is 3. The molecule has 0 radical (unpaired) electrons. The molecule has 1 atom stereocenters. The fourth-order valence-corrected chi connectivity index (χ4v) is 1.01. The molecular weight excluding hydrogens is 186 g/mol. The third kappa shape index (κ3) is 1.62. The maximum atomic E-state index is 11.4. The molecule has 1 aromatic carbocycles. The lowest BCUT2D eigenvalue weighted by Gasteiger charge is -2.08. The van der Waals surface area contributed by atoms with Gasteiger partial charge in [-0.2, -0.15) is 0 Å². The van der Waals surface area contributed by atoms with Crippen LogP contribution in [0.4, 0.5) is 0 Å². The summed E-state index contributed by atoms with van der Waals surface area (Å²) in [5, 5.41) is 27.4. The van der Waals surface area contributed by atoms with Crippen molar-refractivity contribution in [2.24, 2.45) is 5.73 Å². The highest BCUT2D eigenvalue weighted by Crippen LogP contribution is 2.37. The van der Waals surface area contributed by atoms with Crippen LogP contribution in [0.5, 0.6) is 17.2 Å². The average Bonchev–Trinajstić information content (AvgIpc) is 2.13. The predicted octanol–water partition coefficient (Wildman–Crippen LogP) is 0.333. The Morgan fingerprint density at radius 1 is 1.29 bits per heavy atom. The van der Waals surface area contributed by atoms with E-state index in [4.69, 9.17) is 15.9 Å². The van der Waals surface area contributed by atoms with Crippen molar-refractivity contribution in [3.63, 3.8) is 0 Å². The Hall–Kier alpha value is -1.75. The Labute approximate surface area is 80.4 Å². The number of benzene rings is 1. The van der Waals surface area contributed by atoms with E-state index in [1.54, 1.807) is 0 Å². The minimum absolute atomic E-state index is 0.102. The molecule has 0 aliphatic rings. The van der Waals surface area contributed by atoms with Gasteiger partial charge >= 0.3 is 0 Å². The summed E-state index contributed by atoms with van der Waals surface area (Å²) in [5.74, 6) is -2.34. The van der Waals surface area contributed by atoms with Crippen LogP contribution in [0.3, 0.4) is 0 Å². The highest BCUT2D eigenvalue weighted by molar-refractivity contribution is 6.02. The van der Waals surface area contributed by atoms with Gasteiger partial charge in [-0.1, -0.05) is 0 Å². The standard InChI is InChI=1S/C9H11NO4/c1-4(10)7(12)5-2-3-6(11)9(14)8(5)13/h2-4,11,13-14H,10H2,1H3.